The van der Waals surface area contributed by atoms with E-state index in [9.17, 15) is 4.79 Å². The highest BCUT2D eigenvalue weighted by molar-refractivity contribution is 14.1. The van der Waals surface area contributed by atoms with E-state index in [1.165, 1.54) is 7.11 Å². The summed E-state index contributed by atoms with van der Waals surface area (Å²) in [5.41, 5.74) is 1.19. The second-order valence-electron chi connectivity index (χ2n) is 5.49. The molecule has 0 radical (unpaired) electrons. The maximum absolute atomic E-state index is 11.7. The number of rotatable bonds is 5. The summed E-state index contributed by atoms with van der Waals surface area (Å²) in [5.74, 6) is 1.06. The number of carbonyl (C=O) groups excluding carboxylic acids is 1. The maximum atomic E-state index is 11.7. The van der Waals surface area contributed by atoms with Gasteiger partial charge in [0.1, 0.15) is 16.5 Å². The summed E-state index contributed by atoms with van der Waals surface area (Å²) in [4.78, 5) is 11.7. The van der Waals surface area contributed by atoms with Gasteiger partial charge in [0.15, 0.2) is 5.75 Å². The van der Waals surface area contributed by atoms with Crippen LogP contribution in [0.2, 0.25) is 10.0 Å². The molecule has 25 heavy (non-hydrogen) atoms. The molecular weight excluding hydrogens is 478 g/mol. The number of hydrogen-bond acceptors (Lipinski definition) is 4. The Labute approximate surface area is 170 Å². The monoisotopic (exact) mass is 494 g/mol. The van der Waals surface area contributed by atoms with Crippen LogP contribution in [-0.2, 0) is 4.74 Å². The molecule has 2 rings (SSSR count). The molecule has 0 bridgehead atoms. The summed E-state index contributed by atoms with van der Waals surface area (Å²) < 4.78 is 16.8. The van der Waals surface area contributed by atoms with E-state index in [0.717, 1.165) is 5.56 Å². The zero-order valence-corrected chi connectivity index (χ0v) is 17.8. The number of halogens is 3. The number of carbonyl (C=O) groups is 1. The van der Waals surface area contributed by atoms with Crippen molar-refractivity contribution in [1.82, 2.24) is 0 Å². The number of esters is 1. The van der Waals surface area contributed by atoms with Gasteiger partial charge in [0.25, 0.3) is 0 Å². The summed E-state index contributed by atoms with van der Waals surface area (Å²) in [5, 5.41) is 0.746. The number of hydrogen-bond donors (Lipinski definition) is 0. The highest BCUT2D eigenvalue weighted by Crippen LogP contribution is 2.49. The fraction of sp³-hybridized carbons (Fsp3) is 0.278. The van der Waals surface area contributed by atoms with E-state index in [1.54, 1.807) is 31.4 Å². The standard InChI is InChI=1S/C18H17Cl2IO4/c1-9(2)12-13(19)17(14(20)15(21)16(12)23-3)25-11-7-5-6-10(8-11)18(22)24-4/h5-9H,1-4H3. The van der Waals surface area contributed by atoms with Crippen molar-refractivity contribution in [2.24, 2.45) is 0 Å². The highest BCUT2D eigenvalue weighted by Gasteiger charge is 2.25. The van der Waals surface area contributed by atoms with E-state index in [-0.39, 0.29) is 5.92 Å². The molecule has 4 nitrogen and oxygen atoms in total. The minimum atomic E-state index is -0.449. The SMILES string of the molecule is COC(=O)c1cccc(Oc2c(Cl)c(I)c(OC)c(C(C)C)c2Cl)c1. The van der Waals surface area contributed by atoms with Gasteiger partial charge in [0.05, 0.1) is 28.4 Å². The van der Waals surface area contributed by atoms with Gasteiger partial charge in [-0.25, -0.2) is 4.79 Å². The van der Waals surface area contributed by atoms with Crippen LogP contribution in [-0.4, -0.2) is 20.2 Å². The Balaban J connectivity index is 2.55. The first-order valence-electron chi connectivity index (χ1n) is 7.42. The molecule has 0 atom stereocenters. The number of ether oxygens (including phenoxy) is 3. The number of methoxy groups -OCH3 is 2. The van der Waals surface area contributed by atoms with Crippen LogP contribution in [0.25, 0.3) is 0 Å². The third kappa shape index (κ3) is 4.15. The van der Waals surface area contributed by atoms with Crippen molar-refractivity contribution in [2.75, 3.05) is 14.2 Å². The van der Waals surface area contributed by atoms with Gasteiger partial charge in [-0.2, -0.15) is 0 Å². The molecule has 0 aliphatic heterocycles. The largest absolute Gasteiger partial charge is 0.495 e. The topological polar surface area (TPSA) is 44.8 Å². The molecule has 2 aromatic rings. The molecule has 0 aromatic heterocycles. The molecule has 0 fully saturated rings. The van der Waals surface area contributed by atoms with Crippen molar-refractivity contribution in [3.05, 3.63) is 49.0 Å². The van der Waals surface area contributed by atoms with E-state index in [4.69, 9.17) is 37.4 Å². The van der Waals surface area contributed by atoms with Gasteiger partial charge in [0.2, 0.25) is 0 Å². The molecule has 134 valence electrons. The van der Waals surface area contributed by atoms with E-state index >= 15 is 0 Å². The zero-order valence-electron chi connectivity index (χ0n) is 14.2. The van der Waals surface area contributed by atoms with E-state index in [2.05, 4.69) is 22.6 Å². The molecule has 0 spiro atoms. The normalized spacial score (nSPS) is 10.7. The molecule has 0 amide bonds. The zero-order chi connectivity index (χ0) is 18.7. The average molecular weight is 495 g/mol. The van der Waals surface area contributed by atoms with Crippen LogP contribution in [0.5, 0.6) is 17.2 Å². The Bertz CT molecular complexity index is 806. The van der Waals surface area contributed by atoms with Gasteiger partial charge in [-0.05, 0) is 46.7 Å². The van der Waals surface area contributed by atoms with Crippen LogP contribution in [0, 0.1) is 3.57 Å². The van der Waals surface area contributed by atoms with E-state index in [1.807, 2.05) is 13.8 Å². The molecule has 0 aliphatic rings. The maximum Gasteiger partial charge on any atom is 0.337 e. The van der Waals surface area contributed by atoms with Crippen LogP contribution in [0.15, 0.2) is 24.3 Å². The van der Waals surface area contributed by atoms with Crippen LogP contribution < -0.4 is 9.47 Å². The average Bonchev–Trinajstić information content (AvgIpc) is 2.60. The summed E-state index contributed by atoms with van der Waals surface area (Å²) in [7, 11) is 2.90. The van der Waals surface area contributed by atoms with Gasteiger partial charge in [0, 0.05) is 5.56 Å². The molecule has 0 saturated heterocycles. The summed E-state index contributed by atoms with van der Waals surface area (Å²) in [6.45, 7) is 4.02. The van der Waals surface area contributed by atoms with Gasteiger partial charge < -0.3 is 14.2 Å². The smallest absolute Gasteiger partial charge is 0.337 e. The predicted octanol–water partition coefficient (Wildman–Crippen LogP) is 6.31. The van der Waals surface area contributed by atoms with Crippen LogP contribution in [0.4, 0.5) is 0 Å². The first-order valence-corrected chi connectivity index (χ1v) is 9.25. The van der Waals surface area contributed by atoms with Crippen LogP contribution in [0.1, 0.15) is 35.7 Å². The van der Waals surface area contributed by atoms with Crippen molar-refractivity contribution >= 4 is 51.8 Å². The van der Waals surface area contributed by atoms with E-state index < -0.39 is 5.97 Å². The molecule has 0 heterocycles. The fourth-order valence-electron chi connectivity index (χ4n) is 2.36. The predicted molar refractivity (Wildman–Crippen MR) is 108 cm³/mol. The minimum Gasteiger partial charge on any atom is -0.495 e. The number of benzene rings is 2. The van der Waals surface area contributed by atoms with Crippen molar-refractivity contribution in [3.63, 3.8) is 0 Å². The third-order valence-corrected chi connectivity index (χ3v) is 5.61. The quantitative estimate of drug-likeness (QED) is 0.277. The Morgan fingerprint density at radius 2 is 1.80 bits per heavy atom. The fourth-order valence-corrected chi connectivity index (χ4v) is 3.82. The van der Waals surface area contributed by atoms with Gasteiger partial charge in [-0.1, -0.05) is 43.1 Å². The second-order valence-corrected chi connectivity index (χ2v) is 7.33. The Morgan fingerprint density at radius 3 is 2.36 bits per heavy atom. The van der Waals surface area contributed by atoms with Crippen molar-refractivity contribution in [2.45, 2.75) is 19.8 Å². The summed E-state index contributed by atoms with van der Waals surface area (Å²) in [6.07, 6.45) is 0. The molecule has 0 unspecified atom stereocenters. The molecular formula is C18H17Cl2IO4. The van der Waals surface area contributed by atoms with Crippen molar-refractivity contribution in [3.8, 4) is 17.2 Å². The molecule has 2 aromatic carbocycles. The minimum absolute atomic E-state index is 0.108. The van der Waals surface area contributed by atoms with Gasteiger partial charge >= 0.3 is 5.97 Å². The molecule has 7 heteroatoms. The van der Waals surface area contributed by atoms with Crippen LogP contribution in [0.3, 0.4) is 0 Å². The Morgan fingerprint density at radius 1 is 1.12 bits per heavy atom. The molecule has 0 saturated carbocycles. The lowest BCUT2D eigenvalue weighted by Crippen LogP contribution is -2.03. The van der Waals surface area contributed by atoms with E-state index in [0.29, 0.717) is 36.4 Å². The Hall–Kier alpha value is -1.18. The van der Waals surface area contributed by atoms with Crippen molar-refractivity contribution < 1.29 is 19.0 Å². The molecule has 0 N–H and O–H groups in total. The second kappa shape index (κ2) is 8.47. The first kappa shape index (κ1) is 20.1. The lowest BCUT2D eigenvalue weighted by atomic mass is 10.0. The van der Waals surface area contributed by atoms with Gasteiger partial charge in [-0.3, -0.25) is 0 Å². The summed E-state index contributed by atoms with van der Waals surface area (Å²) >= 11 is 15.1. The Kier molecular flexibility index (Phi) is 6.82. The lowest BCUT2D eigenvalue weighted by Gasteiger charge is -2.20. The highest BCUT2D eigenvalue weighted by atomic mass is 127. The summed E-state index contributed by atoms with van der Waals surface area (Å²) in [6, 6.07) is 6.62. The molecule has 0 aliphatic carbocycles. The lowest BCUT2D eigenvalue weighted by molar-refractivity contribution is 0.0600. The van der Waals surface area contributed by atoms with Crippen molar-refractivity contribution in [1.29, 1.82) is 0 Å². The van der Waals surface area contributed by atoms with Crippen LogP contribution >= 0.6 is 45.8 Å². The first-order chi connectivity index (χ1) is 11.8. The van der Waals surface area contributed by atoms with Gasteiger partial charge in [-0.15, -0.1) is 0 Å². The third-order valence-electron chi connectivity index (χ3n) is 3.53.